The molecule has 0 bridgehead atoms. The van der Waals surface area contributed by atoms with E-state index >= 15 is 0 Å². The Morgan fingerprint density at radius 1 is 0.633 bits per heavy atom. The number of aliphatic hydroxyl groups excluding tert-OH is 4. The largest absolute Gasteiger partial charge is 0.479 e. The maximum absolute atomic E-state index is 11.8. The van der Waals surface area contributed by atoms with Gasteiger partial charge in [-0.1, -0.05) is 90.4 Å². The zero-order chi connectivity index (χ0) is 22.8. The van der Waals surface area contributed by atoms with Crippen LogP contribution in [0.2, 0.25) is 0 Å². The maximum atomic E-state index is 11.8. The molecule has 0 aliphatic rings. The number of hydrogen-bond acceptors (Lipinski definition) is 6. The fraction of sp³-hybridized carbons (Fsp3) is 0.909. The third-order valence-electron chi connectivity index (χ3n) is 5.35. The molecule has 0 rings (SSSR count). The van der Waals surface area contributed by atoms with E-state index < -0.39 is 36.3 Å². The van der Waals surface area contributed by atoms with E-state index in [4.69, 9.17) is 10.2 Å². The Hall–Kier alpha value is -1.22. The molecule has 178 valence electrons. The number of nitrogens with one attached hydrogen (secondary N) is 1. The molecule has 0 radical (unpaired) electrons. The van der Waals surface area contributed by atoms with E-state index in [2.05, 4.69) is 12.2 Å². The summed E-state index contributed by atoms with van der Waals surface area (Å²) in [6, 6.07) is 0. The van der Waals surface area contributed by atoms with E-state index in [1.165, 1.54) is 64.2 Å². The molecular formula is C22H43NO7. The standard InChI is InChI=1S/C22H43NO7/c1-2-3-4-5-6-7-8-9-10-11-12-13-14-15-16-23-21(28)19(26)17(24)18(25)20(27)22(29)30/h17-20,24-27H,2-16H2,1H3,(H,23,28)(H,29,30)/t17-,18-,19+,20-/m1/s1. The van der Waals surface area contributed by atoms with Gasteiger partial charge < -0.3 is 30.8 Å². The highest BCUT2D eigenvalue weighted by molar-refractivity contribution is 5.81. The number of unbranched alkanes of at least 4 members (excludes halogenated alkanes) is 13. The lowest BCUT2D eigenvalue weighted by Crippen LogP contribution is -2.52. The topological polar surface area (TPSA) is 147 Å². The van der Waals surface area contributed by atoms with Gasteiger partial charge in [-0.2, -0.15) is 0 Å². The third-order valence-corrected chi connectivity index (χ3v) is 5.35. The van der Waals surface area contributed by atoms with Gasteiger partial charge in [0.15, 0.2) is 12.2 Å². The first kappa shape index (κ1) is 28.8. The number of rotatable bonds is 20. The van der Waals surface area contributed by atoms with Crippen LogP contribution < -0.4 is 5.32 Å². The molecule has 8 heteroatoms. The fourth-order valence-electron chi connectivity index (χ4n) is 3.31. The van der Waals surface area contributed by atoms with E-state index in [0.29, 0.717) is 6.54 Å². The summed E-state index contributed by atoms with van der Waals surface area (Å²) < 4.78 is 0. The predicted molar refractivity (Wildman–Crippen MR) is 115 cm³/mol. The van der Waals surface area contributed by atoms with Gasteiger partial charge in [-0.3, -0.25) is 4.79 Å². The van der Waals surface area contributed by atoms with Gasteiger partial charge in [0.25, 0.3) is 5.91 Å². The Kier molecular flexibility index (Phi) is 17.8. The Bertz CT molecular complexity index is 447. The zero-order valence-electron chi connectivity index (χ0n) is 18.5. The smallest absolute Gasteiger partial charge is 0.335 e. The first-order valence-electron chi connectivity index (χ1n) is 11.6. The zero-order valence-corrected chi connectivity index (χ0v) is 18.5. The lowest BCUT2D eigenvalue weighted by atomic mass is 10.0. The van der Waals surface area contributed by atoms with Gasteiger partial charge in [-0.25, -0.2) is 4.79 Å². The number of carbonyl (C=O) groups excluding carboxylic acids is 1. The lowest BCUT2D eigenvalue weighted by molar-refractivity contribution is -0.166. The summed E-state index contributed by atoms with van der Waals surface area (Å²) in [7, 11) is 0. The lowest BCUT2D eigenvalue weighted by Gasteiger charge is -2.23. The fourth-order valence-corrected chi connectivity index (χ4v) is 3.31. The number of amides is 1. The average Bonchev–Trinajstić information content (AvgIpc) is 2.73. The van der Waals surface area contributed by atoms with Crippen molar-refractivity contribution < 1.29 is 35.1 Å². The van der Waals surface area contributed by atoms with Crippen LogP contribution in [0.5, 0.6) is 0 Å². The Morgan fingerprint density at radius 2 is 1.00 bits per heavy atom. The molecule has 0 unspecified atom stereocenters. The quantitative estimate of drug-likeness (QED) is 0.161. The van der Waals surface area contributed by atoms with Crippen molar-refractivity contribution >= 4 is 11.9 Å². The van der Waals surface area contributed by atoms with E-state index in [9.17, 15) is 24.9 Å². The summed E-state index contributed by atoms with van der Waals surface area (Å²) in [5, 5.41) is 48.9. The molecule has 6 N–H and O–H groups in total. The van der Waals surface area contributed by atoms with Crippen LogP contribution in [0, 0.1) is 0 Å². The molecule has 0 saturated heterocycles. The highest BCUT2D eigenvalue weighted by Crippen LogP contribution is 2.13. The van der Waals surface area contributed by atoms with Gasteiger partial charge in [-0.15, -0.1) is 0 Å². The predicted octanol–water partition coefficient (Wildman–Crippen LogP) is 2.11. The van der Waals surface area contributed by atoms with Crippen molar-refractivity contribution in [3.63, 3.8) is 0 Å². The Labute approximate surface area is 180 Å². The molecule has 1 amide bonds. The summed E-state index contributed by atoms with van der Waals surface area (Å²) >= 11 is 0. The van der Waals surface area contributed by atoms with Gasteiger partial charge >= 0.3 is 5.97 Å². The number of hydrogen-bond donors (Lipinski definition) is 6. The summed E-state index contributed by atoms with van der Waals surface area (Å²) in [4.78, 5) is 22.3. The molecule has 0 aromatic carbocycles. The van der Waals surface area contributed by atoms with Crippen LogP contribution in [0.4, 0.5) is 0 Å². The van der Waals surface area contributed by atoms with Gasteiger partial charge in [0.2, 0.25) is 0 Å². The van der Waals surface area contributed by atoms with E-state index in [-0.39, 0.29) is 0 Å². The molecule has 0 aliphatic heterocycles. The van der Waals surface area contributed by atoms with Crippen molar-refractivity contribution in [2.45, 2.75) is 121 Å². The first-order chi connectivity index (χ1) is 14.3. The number of aliphatic hydroxyl groups is 4. The highest BCUT2D eigenvalue weighted by atomic mass is 16.4. The number of carboxylic acid groups (broad SMARTS) is 1. The summed E-state index contributed by atoms with van der Waals surface area (Å²) in [6.07, 6.45) is 8.53. The molecule has 30 heavy (non-hydrogen) atoms. The molecule has 0 fully saturated rings. The average molecular weight is 434 g/mol. The van der Waals surface area contributed by atoms with Crippen molar-refractivity contribution in [3.05, 3.63) is 0 Å². The second-order valence-corrected chi connectivity index (χ2v) is 8.10. The Balaban J connectivity index is 3.59. The van der Waals surface area contributed by atoms with Crippen molar-refractivity contribution in [1.82, 2.24) is 5.32 Å². The summed E-state index contributed by atoms with van der Waals surface area (Å²) in [5.74, 6) is -2.66. The van der Waals surface area contributed by atoms with Crippen LogP contribution in [0.3, 0.4) is 0 Å². The minimum Gasteiger partial charge on any atom is -0.479 e. The van der Waals surface area contributed by atoms with Crippen LogP contribution in [-0.2, 0) is 9.59 Å². The van der Waals surface area contributed by atoms with Crippen LogP contribution >= 0.6 is 0 Å². The monoisotopic (exact) mass is 433 g/mol. The Morgan fingerprint density at radius 3 is 1.40 bits per heavy atom. The minimum absolute atomic E-state index is 0.318. The highest BCUT2D eigenvalue weighted by Gasteiger charge is 2.37. The molecule has 8 nitrogen and oxygen atoms in total. The third kappa shape index (κ3) is 13.9. The summed E-state index contributed by atoms with van der Waals surface area (Å²) in [5.41, 5.74) is 0. The molecular weight excluding hydrogens is 390 g/mol. The molecule has 0 aromatic rings. The van der Waals surface area contributed by atoms with Gasteiger partial charge in [0.05, 0.1) is 0 Å². The van der Waals surface area contributed by atoms with Crippen LogP contribution in [-0.4, -0.2) is 68.4 Å². The number of carbonyl (C=O) groups is 2. The van der Waals surface area contributed by atoms with Crippen LogP contribution in [0.1, 0.15) is 96.8 Å². The van der Waals surface area contributed by atoms with E-state index in [0.717, 1.165) is 25.7 Å². The van der Waals surface area contributed by atoms with Crippen molar-refractivity contribution in [3.8, 4) is 0 Å². The number of carboxylic acids is 1. The van der Waals surface area contributed by atoms with Crippen molar-refractivity contribution in [2.24, 2.45) is 0 Å². The molecule has 4 atom stereocenters. The number of aliphatic carboxylic acids is 1. The van der Waals surface area contributed by atoms with E-state index in [1.54, 1.807) is 0 Å². The molecule has 0 aromatic heterocycles. The van der Waals surface area contributed by atoms with Gasteiger partial charge in [0.1, 0.15) is 12.2 Å². The van der Waals surface area contributed by atoms with Crippen LogP contribution in [0.25, 0.3) is 0 Å². The minimum atomic E-state index is -2.28. The van der Waals surface area contributed by atoms with Crippen molar-refractivity contribution in [2.75, 3.05) is 6.54 Å². The van der Waals surface area contributed by atoms with Gasteiger partial charge in [-0.05, 0) is 6.42 Å². The molecule has 0 aliphatic carbocycles. The second kappa shape index (κ2) is 18.5. The molecule has 0 saturated carbocycles. The van der Waals surface area contributed by atoms with E-state index in [1.807, 2.05) is 0 Å². The van der Waals surface area contributed by atoms with Crippen LogP contribution in [0.15, 0.2) is 0 Å². The SMILES string of the molecule is CCCCCCCCCCCCCCCCNC(=O)[C@@H](O)[C@H](O)[C@@H](O)[C@@H](O)C(=O)O. The summed E-state index contributed by atoms with van der Waals surface area (Å²) in [6.45, 7) is 2.55. The second-order valence-electron chi connectivity index (χ2n) is 8.10. The maximum Gasteiger partial charge on any atom is 0.335 e. The van der Waals surface area contributed by atoms with Gasteiger partial charge in [0, 0.05) is 6.54 Å². The first-order valence-corrected chi connectivity index (χ1v) is 11.6. The van der Waals surface area contributed by atoms with Crippen molar-refractivity contribution in [1.29, 1.82) is 0 Å². The normalized spacial score (nSPS) is 15.4. The molecule has 0 spiro atoms. The molecule has 0 heterocycles.